The minimum atomic E-state index is -3.73. The van der Waals surface area contributed by atoms with Crippen LogP contribution in [0.15, 0.2) is 31.6 Å². The Balaban J connectivity index is 1.61. The van der Waals surface area contributed by atoms with Crippen molar-refractivity contribution in [1.82, 2.24) is 24.2 Å². The number of aromatic amines is 2. The van der Waals surface area contributed by atoms with Crippen LogP contribution in [0.4, 0.5) is 0 Å². The highest BCUT2D eigenvalue weighted by Crippen LogP contribution is 2.52. The summed E-state index contributed by atoms with van der Waals surface area (Å²) < 4.78 is 31.3. The number of nitrogens with one attached hydrogen (secondary N) is 3. The number of ether oxygens (including phenoxy) is 3. The number of methoxy groups -OCH3 is 1. The van der Waals surface area contributed by atoms with E-state index in [0.29, 0.717) is 0 Å². The standard InChI is InChI=1S/C24H34N5O12PS/c1-11-7-28(23(35)25-20(11)32)18-5-14(16(9-30)38-18)40-42(43,27-13(3)22(34)37-4)41-15-6-19(39-17(15)10-31)29-8-12(2)21(33)26-24(29)36/h7-8,13-19,30-31H,5-6,9-10H2,1-4H3,(H,27,43)(H,25,32,35)(H,26,33,36)/t13-,14-,15-,16+,17+,18+,19+/m0/s1. The van der Waals surface area contributed by atoms with Crippen molar-refractivity contribution in [3.8, 4) is 0 Å². The molecule has 0 saturated carbocycles. The topological polar surface area (TPSA) is 225 Å². The molecule has 4 rings (SSSR count). The Kier molecular flexibility index (Phi) is 10.4. The molecule has 0 aromatic carbocycles. The van der Waals surface area contributed by atoms with Crippen LogP contribution >= 0.6 is 6.64 Å². The van der Waals surface area contributed by atoms with Crippen molar-refractivity contribution in [2.24, 2.45) is 0 Å². The van der Waals surface area contributed by atoms with E-state index in [1.54, 1.807) is 0 Å². The van der Waals surface area contributed by atoms with Crippen molar-refractivity contribution >= 4 is 24.4 Å². The summed E-state index contributed by atoms with van der Waals surface area (Å²) in [6.07, 6.45) is -3.07. The van der Waals surface area contributed by atoms with Crippen molar-refractivity contribution in [3.63, 3.8) is 0 Å². The fraction of sp³-hybridized carbons (Fsp3) is 0.625. The summed E-state index contributed by atoms with van der Waals surface area (Å²) in [6.45, 7) is -0.270. The molecule has 0 radical (unpaired) electrons. The highest BCUT2D eigenvalue weighted by Gasteiger charge is 2.45. The molecule has 7 atom stereocenters. The molecule has 43 heavy (non-hydrogen) atoms. The normalized spacial score (nSPS) is 26.5. The fourth-order valence-electron chi connectivity index (χ4n) is 4.80. The molecule has 5 N–H and O–H groups in total. The number of aromatic nitrogens is 4. The van der Waals surface area contributed by atoms with Gasteiger partial charge in [-0.25, -0.2) is 14.7 Å². The van der Waals surface area contributed by atoms with E-state index in [-0.39, 0.29) is 24.0 Å². The predicted molar refractivity (Wildman–Crippen MR) is 152 cm³/mol. The number of carbonyl (C=O) groups is 1. The number of aryl methyl sites for hydroxylation is 2. The second-order valence-corrected chi connectivity index (χ2v) is 13.3. The molecule has 0 unspecified atom stereocenters. The maximum absolute atomic E-state index is 12.5. The number of esters is 1. The van der Waals surface area contributed by atoms with E-state index < -0.39 is 91.2 Å². The van der Waals surface area contributed by atoms with Crippen molar-refractivity contribution in [2.75, 3.05) is 20.3 Å². The number of nitrogens with zero attached hydrogens (tertiary/aromatic N) is 2. The number of rotatable bonds is 11. The third-order valence-corrected chi connectivity index (χ3v) is 9.72. The molecule has 0 aliphatic carbocycles. The Morgan fingerprint density at radius 3 is 1.77 bits per heavy atom. The number of hydrogen-bond donors (Lipinski definition) is 5. The average molecular weight is 648 g/mol. The van der Waals surface area contributed by atoms with Gasteiger partial charge in [0.25, 0.3) is 17.8 Å². The zero-order valence-electron chi connectivity index (χ0n) is 23.8. The first-order valence-electron chi connectivity index (χ1n) is 13.3. The summed E-state index contributed by atoms with van der Waals surface area (Å²) in [4.78, 5) is 65.3. The van der Waals surface area contributed by atoms with Crippen LogP contribution in [-0.2, 0) is 39.9 Å². The fourth-order valence-corrected chi connectivity index (χ4v) is 7.85. The SMILES string of the molecule is COC(=O)[C@H](C)NP(=S)(O[C@H]1C[C@H](n2cc(C)c(=O)[nH]c2=O)O[C@@H]1CO)O[C@H]1C[C@H](n2cc(C)c(=O)[nH]c2=O)O[C@@H]1CO. The summed E-state index contributed by atoms with van der Waals surface area (Å²) >= 11 is 5.80. The number of carbonyl (C=O) groups excluding carboxylic acids is 1. The number of hydrogen-bond acceptors (Lipinski definition) is 13. The first-order chi connectivity index (χ1) is 20.3. The molecule has 0 bridgehead atoms. The molecule has 2 aliphatic heterocycles. The predicted octanol–water partition coefficient (Wildman–Crippen LogP) is -1.59. The third-order valence-electron chi connectivity index (χ3n) is 7.09. The van der Waals surface area contributed by atoms with E-state index in [1.165, 1.54) is 49.4 Å². The van der Waals surface area contributed by atoms with Crippen LogP contribution in [0.2, 0.25) is 0 Å². The first-order valence-corrected chi connectivity index (χ1v) is 15.9. The van der Waals surface area contributed by atoms with E-state index in [4.69, 9.17) is 35.1 Å². The summed E-state index contributed by atoms with van der Waals surface area (Å²) in [6, 6.07) is -1.01. The van der Waals surface area contributed by atoms with E-state index in [0.717, 1.165) is 0 Å². The quantitative estimate of drug-likeness (QED) is 0.137. The Morgan fingerprint density at radius 1 is 0.977 bits per heavy atom. The van der Waals surface area contributed by atoms with Crippen LogP contribution < -0.4 is 27.6 Å². The second kappa shape index (κ2) is 13.5. The lowest BCUT2D eigenvalue weighted by Crippen LogP contribution is -2.38. The molecule has 19 heteroatoms. The smallest absolute Gasteiger partial charge is 0.330 e. The third kappa shape index (κ3) is 7.30. The van der Waals surface area contributed by atoms with Gasteiger partial charge in [-0.15, -0.1) is 0 Å². The van der Waals surface area contributed by atoms with Gasteiger partial charge >= 0.3 is 17.3 Å². The van der Waals surface area contributed by atoms with Crippen molar-refractivity contribution in [3.05, 3.63) is 65.2 Å². The van der Waals surface area contributed by atoms with Gasteiger partial charge in [0.2, 0.25) is 0 Å². The van der Waals surface area contributed by atoms with Gasteiger partial charge in [-0.3, -0.25) is 33.5 Å². The monoisotopic (exact) mass is 647 g/mol. The first kappa shape index (κ1) is 33.1. The largest absolute Gasteiger partial charge is 0.468 e. The molecular weight excluding hydrogens is 613 g/mol. The summed E-state index contributed by atoms with van der Waals surface area (Å²) in [5.74, 6) is -0.675. The van der Waals surface area contributed by atoms with Gasteiger partial charge in [-0.1, -0.05) is 0 Å². The van der Waals surface area contributed by atoms with Crippen LogP contribution in [0.25, 0.3) is 0 Å². The summed E-state index contributed by atoms with van der Waals surface area (Å²) in [5.41, 5.74) is -2.02. The van der Waals surface area contributed by atoms with Crippen molar-refractivity contribution in [1.29, 1.82) is 0 Å². The Morgan fingerprint density at radius 2 is 1.40 bits per heavy atom. The van der Waals surface area contributed by atoms with Crippen LogP contribution in [-0.4, -0.2) is 86.1 Å². The van der Waals surface area contributed by atoms with Crippen molar-refractivity contribution < 1.29 is 38.3 Å². The van der Waals surface area contributed by atoms with Crippen LogP contribution in [0.5, 0.6) is 0 Å². The van der Waals surface area contributed by atoms with Gasteiger partial charge in [0.15, 0.2) is 0 Å². The molecule has 2 saturated heterocycles. The summed E-state index contributed by atoms with van der Waals surface area (Å²) in [7, 11) is 1.19. The lowest BCUT2D eigenvalue weighted by Gasteiger charge is -2.32. The Labute approximate surface area is 248 Å². The zero-order valence-corrected chi connectivity index (χ0v) is 25.5. The highest BCUT2D eigenvalue weighted by molar-refractivity contribution is 8.09. The molecular formula is C24H34N5O12PS. The Hall–Kier alpha value is -2.80. The lowest BCUT2D eigenvalue weighted by atomic mass is 10.2. The molecule has 17 nitrogen and oxygen atoms in total. The molecule has 2 aromatic rings. The molecule has 238 valence electrons. The Bertz CT molecular complexity index is 1520. The summed E-state index contributed by atoms with van der Waals surface area (Å²) in [5, 5.41) is 23.0. The van der Waals surface area contributed by atoms with E-state index >= 15 is 0 Å². The van der Waals surface area contributed by atoms with Gasteiger partial charge in [-0.05, 0) is 32.6 Å². The zero-order chi connectivity index (χ0) is 31.6. The highest BCUT2D eigenvalue weighted by atomic mass is 32.5. The number of H-pyrrole nitrogens is 2. The number of aliphatic hydroxyl groups is 2. The molecule has 0 amide bonds. The molecule has 2 aromatic heterocycles. The van der Waals surface area contributed by atoms with Crippen LogP contribution in [0.1, 0.15) is 43.3 Å². The van der Waals surface area contributed by atoms with Gasteiger partial charge in [0.1, 0.15) is 30.7 Å². The van der Waals surface area contributed by atoms with E-state index in [2.05, 4.69) is 15.1 Å². The van der Waals surface area contributed by atoms with Gasteiger partial charge in [0, 0.05) is 36.4 Å². The molecule has 0 spiro atoms. The van der Waals surface area contributed by atoms with E-state index in [1.807, 2.05) is 0 Å². The van der Waals surface area contributed by atoms with Gasteiger partial charge in [0.05, 0.1) is 32.5 Å². The lowest BCUT2D eigenvalue weighted by molar-refractivity contribution is -0.142. The number of aliphatic hydroxyl groups excluding tert-OH is 2. The van der Waals surface area contributed by atoms with Crippen LogP contribution in [0, 0.1) is 13.8 Å². The van der Waals surface area contributed by atoms with Crippen LogP contribution in [0.3, 0.4) is 0 Å². The van der Waals surface area contributed by atoms with E-state index in [9.17, 15) is 34.2 Å². The van der Waals surface area contributed by atoms with Gasteiger partial charge in [-0.2, -0.15) is 0 Å². The second-order valence-electron chi connectivity index (χ2n) is 10.2. The maximum atomic E-state index is 12.5. The maximum Gasteiger partial charge on any atom is 0.330 e. The average Bonchev–Trinajstić information content (AvgIpc) is 3.54. The molecule has 4 heterocycles. The minimum Gasteiger partial charge on any atom is -0.468 e. The van der Waals surface area contributed by atoms with Gasteiger partial charge < -0.3 is 33.5 Å². The van der Waals surface area contributed by atoms with Crippen molar-refractivity contribution in [2.45, 2.75) is 76.5 Å². The molecule has 2 aliphatic rings. The molecule has 2 fully saturated rings. The minimum absolute atomic E-state index is 0.00587.